The summed E-state index contributed by atoms with van der Waals surface area (Å²) in [6, 6.07) is 10.6. The molecule has 0 spiro atoms. The van der Waals surface area contributed by atoms with E-state index < -0.39 is 12.4 Å². The number of alkyl halides is 3. The largest absolute Gasteiger partial charge is 0.573 e. The van der Waals surface area contributed by atoms with Crippen molar-refractivity contribution in [2.45, 2.75) is 25.7 Å². The van der Waals surface area contributed by atoms with Gasteiger partial charge in [0.25, 0.3) is 0 Å². The molecule has 1 atom stereocenters. The van der Waals surface area contributed by atoms with Gasteiger partial charge in [0.2, 0.25) is 0 Å². The number of hydrogen-bond donors (Lipinski definition) is 1. The number of aryl methyl sites for hydroxylation is 1. The van der Waals surface area contributed by atoms with Crippen LogP contribution in [0.3, 0.4) is 0 Å². The van der Waals surface area contributed by atoms with Gasteiger partial charge in [0.05, 0.1) is 43.5 Å². The van der Waals surface area contributed by atoms with Crippen LogP contribution < -0.4 is 19.9 Å². The van der Waals surface area contributed by atoms with Crippen molar-refractivity contribution >= 4 is 0 Å². The highest BCUT2D eigenvalue weighted by molar-refractivity contribution is 5.71. The zero-order valence-electron chi connectivity index (χ0n) is 17.2. The third-order valence-electron chi connectivity index (χ3n) is 4.65. The molecule has 1 aromatic heterocycles. The SMILES string of the molecule is CCc1nc(C(N)c2ccc(OC)cc2)cnc1-c1cc(OC(F)(F)F)ccc1OC. The quantitative estimate of drug-likeness (QED) is 0.583. The molecule has 0 saturated carbocycles. The van der Waals surface area contributed by atoms with Crippen LogP contribution in [0.1, 0.15) is 29.9 Å². The van der Waals surface area contributed by atoms with E-state index in [0.717, 1.165) is 5.56 Å². The summed E-state index contributed by atoms with van der Waals surface area (Å²) in [6.45, 7) is 1.87. The highest BCUT2D eigenvalue weighted by Gasteiger charge is 2.31. The van der Waals surface area contributed by atoms with E-state index in [1.165, 1.54) is 31.5 Å². The molecule has 0 aliphatic rings. The topological polar surface area (TPSA) is 79.5 Å². The first-order valence-corrected chi connectivity index (χ1v) is 9.45. The molecule has 0 saturated heterocycles. The zero-order chi connectivity index (χ0) is 22.6. The van der Waals surface area contributed by atoms with Crippen LogP contribution in [-0.4, -0.2) is 30.5 Å². The van der Waals surface area contributed by atoms with Gasteiger partial charge in [-0.2, -0.15) is 0 Å². The van der Waals surface area contributed by atoms with Crippen LogP contribution in [0.25, 0.3) is 11.3 Å². The fraction of sp³-hybridized carbons (Fsp3) is 0.273. The summed E-state index contributed by atoms with van der Waals surface area (Å²) in [5.74, 6) is 0.691. The van der Waals surface area contributed by atoms with Crippen molar-refractivity contribution in [2.24, 2.45) is 5.73 Å². The van der Waals surface area contributed by atoms with Gasteiger partial charge in [-0.05, 0) is 42.3 Å². The Morgan fingerprint density at radius 3 is 2.26 bits per heavy atom. The van der Waals surface area contributed by atoms with E-state index in [1.54, 1.807) is 19.2 Å². The fourth-order valence-corrected chi connectivity index (χ4v) is 3.12. The van der Waals surface area contributed by atoms with E-state index >= 15 is 0 Å². The second-order valence-corrected chi connectivity index (χ2v) is 6.60. The number of ether oxygens (including phenoxy) is 3. The molecule has 3 aromatic rings. The van der Waals surface area contributed by atoms with Gasteiger partial charge >= 0.3 is 6.36 Å². The molecule has 0 bridgehead atoms. The molecular formula is C22H22F3N3O3. The number of nitrogens with two attached hydrogens (primary N) is 1. The summed E-state index contributed by atoms with van der Waals surface area (Å²) in [5.41, 5.74) is 9.03. The predicted molar refractivity (Wildman–Crippen MR) is 109 cm³/mol. The maximum Gasteiger partial charge on any atom is 0.573 e. The highest BCUT2D eigenvalue weighted by atomic mass is 19.4. The van der Waals surface area contributed by atoms with Crippen LogP contribution >= 0.6 is 0 Å². The van der Waals surface area contributed by atoms with Crippen molar-refractivity contribution in [2.75, 3.05) is 14.2 Å². The second kappa shape index (κ2) is 9.22. The number of nitrogens with zero attached hydrogens (tertiary/aromatic N) is 2. The van der Waals surface area contributed by atoms with Crippen molar-refractivity contribution in [1.82, 2.24) is 9.97 Å². The van der Waals surface area contributed by atoms with E-state index in [4.69, 9.17) is 15.2 Å². The van der Waals surface area contributed by atoms with E-state index in [2.05, 4.69) is 14.7 Å². The lowest BCUT2D eigenvalue weighted by molar-refractivity contribution is -0.274. The van der Waals surface area contributed by atoms with Gasteiger partial charge in [-0.15, -0.1) is 13.2 Å². The predicted octanol–water partition coefficient (Wildman–Crippen LogP) is 4.67. The Labute approximate surface area is 177 Å². The summed E-state index contributed by atoms with van der Waals surface area (Å²) in [6.07, 6.45) is -2.81. The van der Waals surface area contributed by atoms with Gasteiger partial charge < -0.3 is 19.9 Å². The Morgan fingerprint density at radius 2 is 1.68 bits per heavy atom. The van der Waals surface area contributed by atoms with Crippen LogP contribution in [0.15, 0.2) is 48.7 Å². The Hall–Kier alpha value is -3.33. The molecule has 3 rings (SSSR count). The highest BCUT2D eigenvalue weighted by Crippen LogP contribution is 2.36. The van der Waals surface area contributed by atoms with Crippen LogP contribution in [0.5, 0.6) is 17.2 Å². The monoisotopic (exact) mass is 433 g/mol. The molecule has 6 nitrogen and oxygen atoms in total. The standard InChI is InChI=1S/C22H22F3N3O3/c1-4-17-21(16-11-15(31-22(23,24)25)9-10-19(16)30-3)27-12-18(28-17)20(26)13-5-7-14(29-2)8-6-13/h5-12,20H,4,26H2,1-3H3. The average Bonchev–Trinajstić information content (AvgIpc) is 2.77. The van der Waals surface area contributed by atoms with Crippen molar-refractivity contribution in [3.05, 3.63) is 65.6 Å². The van der Waals surface area contributed by atoms with Crippen LogP contribution in [-0.2, 0) is 6.42 Å². The van der Waals surface area contributed by atoms with Crippen LogP contribution in [0.2, 0.25) is 0 Å². The lowest BCUT2D eigenvalue weighted by atomic mass is 10.0. The summed E-state index contributed by atoms with van der Waals surface area (Å²) < 4.78 is 52.5. The minimum atomic E-state index is -4.81. The normalized spacial score (nSPS) is 12.4. The first kappa shape index (κ1) is 22.4. The number of methoxy groups -OCH3 is 2. The molecule has 0 radical (unpaired) electrons. The maximum absolute atomic E-state index is 12.7. The Kier molecular flexibility index (Phi) is 6.65. The fourth-order valence-electron chi connectivity index (χ4n) is 3.12. The van der Waals surface area contributed by atoms with E-state index in [0.29, 0.717) is 40.6 Å². The zero-order valence-corrected chi connectivity index (χ0v) is 17.2. The van der Waals surface area contributed by atoms with Crippen molar-refractivity contribution in [3.8, 4) is 28.5 Å². The first-order valence-electron chi connectivity index (χ1n) is 9.45. The molecule has 0 aliphatic heterocycles. The van der Waals surface area contributed by atoms with Gasteiger partial charge in [-0.3, -0.25) is 9.97 Å². The van der Waals surface area contributed by atoms with E-state index in [1.807, 2.05) is 19.1 Å². The number of hydrogen-bond acceptors (Lipinski definition) is 6. The minimum absolute atomic E-state index is 0.346. The molecule has 0 aliphatic carbocycles. The molecular weight excluding hydrogens is 411 g/mol. The van der Waals surface area contributed by atoms with Gasteiger partial charge in [0, 0.05) is 5.56 Å². The summed E-state index contributed by atoms with van der Waals surface area (Å²) in [7, 11) is 3.01. The first-order chi connectivity index (χ1) is 14.8. The Morgan fingerprint density at radius 1 is 1.00 bits per heavy atom. The summed E-state index contributed by atoms with van der Waals surface area (Å²) in [4.78, 5) is 9.09. The van der Waals surface area contributed by atoms with Gasteiger partial charge in [-0.1, -0.05) is 19.1 Å². The van der Waals surface area contributed by atoms with Crippen LogP contribution in [0.4, 0.5) is 13.2 Å². The van der Waals surface area contributed by atoms with Crippen molar-refractivity contribution in [1.29, 1.82) is 0 Å². The Balaban J connectivity index is 2.00. The second-order valence-electron chi connectivity index (χ2n) is 6.60. The number of benzene rings is 2. The Bertz CT molecular complexity index is 1040. The number of halogens is 3. The summed E-state index contributed by atoms with van der Waals surface area (Å²) in [5, 5.41) is 0. The maximum atomic E-state index is 12.7. The third-order valence-corrected chi connectivity index (χ3v) is 4.65. The molecule has 31 heavy (non-hydrogen) atoms. The smallest absolute Gasteiger partial charge is 0.497 e. The molecule has 1 heterocycles. The van der Waals surface area contributed by atoms with Crippen molar-refractivity contribution < 1.29 is 27.4 Å². The summed E-state index contributed by atoms with van der Waals surface area (Å²) >= 11 is 0. The lowest BCUT2D eigenvalue weighted by Crippen LogP contribution is -2.17. The van der Waals surface area contributed by atoms with Gasteiger partial charge in [-0.25, -0.2) is 0 Å². The molecule has 2 aromatic carbocycles. The van der Waals surface area contributed by atoms with Gasteiger partial charge in [0.15, 0.2) is 0 Å². The average molecular weight is 433 g/mol. The van der Waals surface area contributed by atoms with Crippen molar-refractivity contribution in [3.63, 3.8) is 0 Å². The van der Waals surface area contributed by atoms with Crippen LogP contribution in [0, 0.1) is 0 Å². The van der Waals surface area contributed by atoms with Gasteiger partial charge in [0.1, 0.15) is 17.2 Å². The molecule has 9 heteroatoms. The number of rotatable bonds is 7. The molecule has 164 valence electrons. The molecule has 1 unspecified atom stereocenters. The molecule has 2 N–H and O–H groups in total. The minimum Gasteiger partial charge on any atom is -0.497 e. The third kappa shape index (κ3) is 5.24. The van der Waals surface area contributed by atoms with E-state index in [9.17, 15) is 13.2 Å². The number of aromatic nitrogens is 2. The van der Waals surface area contributed by atoms with E-state index in [-0.39, 0.29) is 5.75 Å². The lowest BCUT2D eigenvalue weighted by Gasteiger charge is -2.17. The molecule has 0 amide bonds. The molecule has 0 fully saturated rings.